The topological polar surface area (TPSA) is 35.1 Å². The van der Waals surface area contributed by atoms with Crippen LogP contribution in [0.4, 0.5) is 0 Å². The fraction of sp³-hybridized carbons (Fsp3) is 0.0385. The fourth-order valence-electron chi connectivity index (χ4n) is 8.98. The van der Waals surface area contributed by atoms with E-state index in [2.05, 4.69) is 191 Å². The first-order valence-electron chi connectivity index (χ1n) is 19.4. The third-order valence-electron chi connectivity index (χ3n) is 11.7. The summed E-state index contributed by atoms with van der Waals surface area (Å²) in [7, 11) is 0. The number of rotatable bonds is 4. The van der Waals surface area contributed by atoms with Crippen molar-refractivity contribution in [1.29, 1.82) is 0 Å². The van der Waals surface area contributed by atoms with Crippen molar-refractivity contribution in [2.75, 3.05) is 0 Å². The van der Waals surface area contributed by atoms with Crippen LogP contribution < -0.4 is 0 Å². The molecule has 0 atom stereocenters. The van der Waals surface area contributed by atoms with Gasteiger partial charge in [0.15, 0.2) is 0 Å². The molecule has 0 radical (unpaired) electrons. The van der Waals surface area contributed by atoms with Crippen LogP contribution in [0.15, 0.2) is 176 Å². The zero-order chi connectivity index (χ0) is 36.7. The summed E-state index contributed by atoms with van der Waals surface area (Å²) in [5.74, 6) is 0.945. The first-order valence-corrected chi connectivity index (χ1v) is 19.4. The number of aryl methyl sites for hydroxylation is 1. The van der Waals surface area contributed by atoms with E-state index in [1.807, 2.05) is 0 Å². The SMILES string of the molecule is C1=Cc2c(c3ccc(-c4ccc5cc(-c6ccc7cc(-c8nc9ccccc9n8-c8ccccc8)ccc7c6)ccc5c4)cc3c3nc4ccccc4n23)CC1. The summed E-state index contributed by atoms with van der Waals surface area (Å²) in [5, 5.41) is 7.37. The van der Waals surface area contributed by atoms with Gasteiger partial charge in [0, 0.05) is 16.6 Å². The van der Waals surface area contributed by atoms with Gasteiger partial charge in [0.25, 0.3) is 0 Å². The van der Waals surface area contributed by atoms with Gasteiger partial charge in [-0.1, -0.05) is 109 Å². The summed E-state index contributed by atoms with van der Waals surface area (Å²) in [6.07, 6.45) is 6.68. The first-order chi connectivity index (χ1) is 27.7. The minimum Gasteiger partial charge on any atom is -0.292 e. The number of benzene rings is 8. The molecule has 0 aliphatic heterocycles. The Morgan fingerprint density at radius 2 is 1.00 bits per heavy atom. The van der Waals surface area contributed by atoms with Crippen molar-refractivity contribution in [2.45, 2.75) is 12.8 Å². The molecule has 4 heteroatoms. The van der Waals surface area contributed by atoms with Gasteiger partial charge in [-0.15, -0.1) is 0 Å². The molecule has 262 valence electrons. The van der Waals surface area contributed by atoms with Crippen LogP contribution in [0.1, 0.15) is 17.7 Å². The van der Waals surface area contributed by atoms with Crippen LogP contribution in [-0.4, -0.2) is 18.9 Å². The summed E-state index contributed by atoms with van der Waals surface area (Å²) in [6, 6.07) is 61.5. The summed E-state index contributed by atoms with van der Waals surface area (Å²) >= 11 is 0. The van der Waals surface area contributed by atoms with E-state index in [0.717, 1.165) is 57.6 Å². The Balaban J connectivity index is 0.899. The van der Waals surface area contributed by atoms with Gasteiger partial charge in [-0.25, -0.2) is 9.97 Å². The largest absolute Gasteiger partial charge is 0.292 e. The lowest BCUT2D eigenvalue weighted by molar-refractivity contribution is 0.969. The molecule has 0 unspecified atom stereocenters. The van der Waals surface area contributed by atoms with E-state index in [4.69, 9.17) is 9.97 Å². The predicted octanol–water partition coefficient (Wildman–Crippen LogP) is 13.2. The number of fused-ring (bicyclic) bond motifs is 11. The number of allylic oxidation sites excluding steroid dienone is 1. The lowest BCUT2D eigenvalue weighted by Crippen LogP contribution is -2.03. The molecular formula is C52H34N4. The number of pyridine rings is 1. The number of imidazole rings is 2. The third kappa shape index (κ3) is 4.79. The average molecular weight is 715 g/mol. The highest BCUT2D eigenvalue weighted by molar-refractivity contribution is 6.04. The van der Waals surface area contributed by atoms with Crippen LogP contribution in [0, 0.1) is 0 Å². The first kappa shape index (κ1) is 31.1. The Labute approximate surface area is 323 Å². The van der Waals surface area contributed by atoms with Crippen LogP contribution >= 0.6 is 0 Å². The number of hydrogen-bond donors (Lipinski definition) is 0. The van der Waals surface area contributed by atoms with Gasteiger partial charge >= 0.3 is 0 Å². The monoisotopic (exact) mass is 714 g/mol. The van der Waals surface area contributed by atoms with Crippen molar-refractivity contribution >= 4 is 66.1 Å². The predicted molar refractivity (Wildman–Crippen MR) is 234 cm³/mol. The van der Waals surface area contributed by atoms with E-state index in [1.165, 1.54) is 65.8 Å². The quantitative estimate of drug-likeness (QED) is 0.182. The lowest BCUT2D eigenvalue weighted by Gasteiger charge is -2.18. The van der Waals surface area contributed by atoms with Gasteiger partial charge in [-0.3, -0.25) is 8.97 Å². The molecule has 0 fully saturated rings. The van der Waals surface area contributed by atoms with E-state index in [1.54, 1.807) is 0 Å². The molecule has 3 heterocycles. The number of hydrogen-bond acceptors (Lipinski definition) is 2. The molecule has 4 nitrogen and oxygen atoms in total. The van der Waals surface area contributed by atoms with Gasteiger partial charge in [0.1, 0.15) is 11.5 Å². The Morgan fingerprint density at radius 3 is 1.70 bits per heavy atom. The average Bonchev–Trinajstić information content (AvgIpc) is 3.86. The second kappa shape index (κ2) is 12.1. The van der Waals surface area contributed by atoms with Gasteiger partial charge < -0.3 is 0 Å². The Hall–Kier alpha value is -7.30. The lowest BCUT2D eigenvalue weighted by atomic mass is 9.92. The molecule has 12 rings (SSSR count). The zero-order valence-corrected chi connectivity index (χ0v) is 30.5. The maximum absolute atomic E-state index is 5.16. The van der Waals surface area contributed by atoms with Crippen LogP contribution in [0.3, 0.4) is 0 Å². The molecule has 56 heavy (non-hydrogen) atoms. The van der Waals surface area contributed by atoms with E-state index < -0.39 is 0 Å². The van der Waals surface area contributed by atoms with Crippen molar-refractivity contribution < 1.29 is 0 Å². The molecule has 0 bridgehead atoms. The molecule has 1 aliphatic carbocycles. The molecule has 8 aromatic carbocycles. The summed E-state index contributed by atoms with van der Waals surface area (Å²) in [6.45, 7) is 0. The maximum Gasteiger partial charge on any atom is 0.146 e. The highest BCUT2D eigenvalue weighted by Gasteiger charge is 2.19. The molecule has 0 amide bonds. The van der Waals surface area contributed by atoms with Gasteiger partial charge in [0.2, 0.25) is 0 Å². The fourth-order valence-corrected chi connectivity index (χ4v) is 8.98. The standard InChI is InChI=1S/C52H34N4/c1-2-10-42(11-3-1)55-49-16-8-5-13-46(49)53-51(55)41-25-24-37-29-35(21-23-39(37)31-41)33-18-19-36-30-38(22-20-34(36)28-33)40-26-27-43-44-12-4-7-15-48(44)56-50-17-9-6-14-47(50)54-52(56)45(43)32-40/h1-3,5-11,13-32H,4,12H2. The number of para-hydroxylation sites is 5. The molecular weight excluding hydrogens is 681 g/mol. The van der Waals surface area contributed by atoms with Gasteiger partial charge in [-0.05, 0) is 140 Å². The number of nitrogens with zero attached hydrogens (tertiary/aromatic N) is 4. The summed E-state index contributed by atoms with van der Waals surface area (Å²) < 4.78 is 4.62. The molecule has 1 aliphatic rings. The van der Waals surface area contributed by atoms with E-state index in [0.29, 0.717) is 0 Å². The molecule has 0 saturated carbocycles. The number of aromatic nitrogens is 4. The molecule has 0 N–H and O–H groups in total. The minimum atomic E-state index is 0.945. The van der Waals surface area contributed by atoms with Crippen LogP contribution in [0.5, 0.6) is 0 Å². The van der Waals surface area contributed by atoms with Crippen molar-refractivity contribution in [3.63, 3.8) is 0 Å². The molecule has 3 aromatic heterocycles. The van der Waals surface area contributed by atoms with Gasteiger partial charge in [0.05, 0.1) is 27.8 Å². The molecule has 0 saturated heterocycles. The minimum absolute atomic E-state index is 0.945. The highest BCUT2D eigenvalue weighted by atomic mass is 15.1. The maximum atomic E-state index is 5.16. The van der Waals surface area contributed by atoms with E-state index in [-0.39, 0.29) is 0 Å². The summed E-state index contributed by atoms with van der Waals surface area (Å²) in [4.78, 5) is 10.3. The van der Waals surface area contributed by atoms with Crippen molar-refractivity contribution in [2.24, 2.45) is 0 Å². The second-order valence-corrected chi connectivity index (χ2v) is 15.0. The molecule has 0 spiro atoms. The van der Waals surface area contributed by atoms with Crippen LogP contribution in [0.25, 0.3) is 105 Å². The Kier molecular flexibility index (Phi) is 6.72. The highest BCUT2D eigenvalue weighted by Crippen LogP contribution is 2.38. The van der Waals surface area contributed by atoms with Crippen LogP contribution in [-0.2, 0) is 6.42 Å². The normalized spacial score (nSPS) is 12.8. The third-order valence-corrected chi connectivity index (χ3v) is 11.7. The van der Waals surface area contributed by atoms with E-state index >= 15 is 0 Å². The van der Waals surface area contributed by atoms with E-state index in [9.17, 15) is 0 Å². The van der Waals surface area contributed by atoms with Gasteiger partial charge in [-0.2, -0.15) is 0 Å². The zero-order valence-electron chi connectivity index (χ0n) is 30.5. The molecule has 11 aromatic rings. The van der Waals surface area contributed by atoms with Crippen molar-refractivity contribution in [3.05, 3.63) is 187 Å². The Bertz CT molecular complexity index is 3420. The second-order valence-electron chi connectivity index (χ2n) is 15.0. The van der Waals surface area contributed by atoms with Crippen molar-refractivity contribution in [1.82, 2.24) is 18.9 Å². The smallest absolute Gasteiger partial charge is 0.146 e. The summed E-state index contributed by atoms with van der Waals surface area (Å²) in [5.41, 5.74) is 15.0. The Morgan fingerprint density at radius 1 is 0.446 bits per heavy atom. The van der Waals surface area contributed by atoms with Crippen LogP contribution in [0.2, 0.25) is 0 Å². The van der Waals surface area contributed by atoms with Crippen molar-refractivity contribution in [3.8, 4) is 39.3 Å².